The van der Waals surface area contributed by atoms with E-state index in [0.717, 1.165) is 141 Å². The summed E-state index contributed by atoms with van der Waals surface area (Å²) in [4.78, 5) is 87.0. The summed E-state index contributed by atoms with van der Waals surface area (Å²) in [6, 6.07) is -2.32. The number of unbranched alkanes of at least 4 members (excludes halogenated alkanes) is 46. The number of carbonyl (C=O) groups is 5. The van der Waals surface area contributed by atoms with E-state index >= 15 is 0 Å². The molecule has 640 valence electrons. The molecule has 2 unspecified atom stereocenters. The third-order valence-electron chi connectivity index (χ3n) is 20.0. The van der Waals surface area contributed by atoms with Gasteiger partial charge in [-0.25, -0.2) is 13.9 Å². The van der Waals surface area contributed by atoms with Gasteiger partial charge < -0.3 is 50.0 Å². The number of amides is 4. The Morgan fingerprint density at radius 1 is 0.287 bits per heavy atom. The molecule has 0 heterocycles. The van der Waals surface area contributed by atoms with Crippen molar-refractivity contribution in [2.45, 2.75) is 451 Å². The number of nitrogens with one attached hydrogen (secondary N) is 4. The summed E-state index contributed by atoms with van der Waals surface area (Å²) in [5.74, 6) is -0.840. The first-order valence-electron chi connectivity index (χ1n) is 44.9. The fraction of sp³-hybridized carbons (Fsp3) is 0.941. The van der Waals surface area contributed by atoms with Gasteiger partial charge in [0, 0.05) is 51.6 Å². The quantitative estimate of drug-likeness (QED) is 0.0187. The molecule has 6 N–H and O–H groups in total. The van der Waals surface area contributed by atoms with E-state index in [1.807, 2.05) is 0 Å². The fourth-order valence-corrected chi connectivity index (χ4v) is 14.8. The van der Waals surface area contributed by atoms with Gasteiger partial charge in [0.05, 0.1) is 64.9 Å². The first-order chi connectivity index (χ1) is 52.5. The van der Waals surface area contributed by atoms with E-state index in [0.29, 0.717) is 38.5 Å². The van der Waals surface area contributed by atoms with E-state index in [-0.39, 0.29) is 88.3 Å². The van der Waals surface area contributed by atoms with Gasteiger partial charge in [0.25, 0.3) is 0 Å². The van der Waals surface area contributed by atoms with Crippen LogP contribution in [0.1, 0.15) is 427 Å². The second-order valence-electron chi connectivity index (χ2n) is 30.7. The van der Waals surface area contributed by atoms with Gasteiger partial charge in [0.2, 0.25) is 11.8 Å². The summed E-state index contributed by atoms with van der Waals surface area (Å²) in [6.45, 7) is 11.6. The highest BCUT2D eigenvalue weighted by Gasteiger charge is 2.27. The molecule has 0 aliphatic heterocycles. The van der Waals surface area contributed by atoms with Crippen LogP contribution in [0.5, 0.6) is 0 Å². The molecule has 0 radical (unpaired) electrons. The summed E-state index contributed by atoms with van der Waals surface area (Å²) >= 11 is 0. The van der Waals surface area contributed by atoms with Gasteiger partial charge in [-0.2, -0.15) is 0 Å². The van der Waals surface area contributed by atoms with Gasteiger partial charge in [-0.05, 0) is 51.4 Å². The molecule has 0 spiro atoms. The number of rotatable bonds is 86. The molecule has 6 atom stereocenters. The molecule has 0 aliphatic rings. The van der Waals surface area contributed by atoms with Crippen LogP contribution in [0.15, 0.2) is 0 Å². The van der Waals surface area contributed by atoms with Crippen molar-refractivity contribution in [2.75, 3.05) is 65.9 Å². The highest BCUT2D eigenvalue weighted by Crippen LogP contribution is 2.44. The lowest BCUT2D eigenvalue weighted by Crippen LogP contribution is -2.41. The minimum absolute atomic E-state index is 0.0293. The Morgan fingerprint density at radius 3 is 0.796 bits per heavy atom. The Morgan fingerprint density at radius 2 is 0.528 bits per heavy atom. The average Bonchev–Trinajstić information content (AvgIpc) is 0.914. The largest absolute Gasteiger partial charge is 0.472 e. The Hall–Kier alpha value is -2.71. The monoisotopic (exact) mass is 1580 g/mol. The van der Waals surface area contributed by atoms with Crippen LogP contribution in [-0.2, 0) is 65.4 Å². The summed E-state index contributed by atoms with van der Waals surface area (Å²) in [6.07, 6.45) is 62.5. The molecule has 0 aromatic carbocycles. The van der Waals surface area contributed by atoms with Gasteiger partial charge in [0.1, 0.15) is 12.2 Å². The second kappa shape index (κ2) is 79.5. The Balaban J connectivity index is 5.61. The molecular formula is C85H168N4O17P2. The van der Waals surface area contributed by atoms with Crippen LogP contribution in [-0.4, -0.2) is 130 Å². The summed E-state index contributed by atoms with van der Waals surface area (Å²) < 4.78 is 71.8. The van der Waals surface area contributed by atoms with Crippen molar-refractivity contribution in [3.63, 3.8) is 0 Å². The molecular weight excluding hydrogens is 1410 g/mol. The zero-order valence-electron chi connectivity index (χ0n) is 70.2. The Bertz CT molecular complexity index is 2140. The molecule has 0 saturated heterocycles. The molecule has 0 aliphatic carbocycles. The van der Waals surface area contributed by atoms with Crippen LogP contribution in [0, 0.1) is 0 Å². The van der Waals surface area contributed by atoms with Gasteiger partial charge in [0.15, 0.2) is 0 Å². The SMILES string of the molecule is CCCCCCCCCCCCCC(=O)N[C@H](COCC[C@@H](CCCCCCCCC)OC(=O)CCCCCCCCCCC)COP(=O)(O)OCCNC(=O)NCCOP(=O)(O)OC[C@H](COCC[C@@H](CCCCCCC)OC(=O)CCCCCCCCCCC)NC(=O)CCCCCCCCCCCCC. The van der Waals surface area contributed by atoms with Crippen molar-refractivity contribution in [2.24, 2.45) is 0 Å². The number of phosphoric ester groups is 2. The Labute approximate surface area is 660 Å². The highest BCUT2D eigenvalue weighted by molar-refractivity contribution is 7.47. The molecule has 108 heavy (non-hydrogen) atoms. The van der Waals surface area contributed by atoms with Gasteiger partial charge in [-0.1, -0.05) is 337 Å². The zero-order chi connectivity index (χ0) is 79.2. The predicted molar refractivity (Wildman–Crippen MR) is 441 cm³/mol. The van der Waals surface area contributed by atoms with Crippen LogP contribution in [0.2, 0.25) is 0 Å². The first-order valence-corrected chi connectivity index (χ1v) is 47.9. The normalized spacial score (nSPS) is 13.9. The van der Waals surface area contributed by atoms with Crippen molar-refractivity contribution in [3.8, 4) is 0 Å². The second-order valence-corrected chi connectivity index (χ2v) is 33.6. The van der Waals surface area contributed by atoms with E-state index < -0.39 is 60.2 Å². The number of phosphoric acid groups is 2. The molecule has 0 aromatic heterocycles. The third-order valence-corrected chi connectivity index (χ3v) is 22.0. The first kappa shape index (κ1) is 105. The number of esters is 2. The van der Waals surface area contributed by atoms with Crippen molar-refractivity contribution < 1.29 is 79.9 Å². The van der Waals surface area contributed by atoms with Crippen molar-refractivity contribution in [3.05, 3.63) is 0 Å². The Kier molecular flexibility index (Phi) is 77.5. The third kappa shape index (κ3) is 75.9. The maximum Gasteiger partial charge on any atom is 0.472 e. The predicted octanol–water partition coefficient (Wildman–Crippen LogP) is 22.9. The minimum atomic E-state index is -4.71. The molecule has 0 rings (SSSR count). The lowest BCUT2D eigenvalue weighted by molar-refractivity contribution is -0.151. The summed E-state index contributed by atoms with van der Waals surface area (Å²) in [5.41, 5.74) is 0. The molecule has 0 bridgehead atoms. The maximum absolute atomic E-state index is 13.3. The van der Waals surface area contributed by atoms with Crippen LogP contribution in [0.4, 0.5) is 4.79 Å². The summed E-state index contributed by atoms with van der Waals surface area (Å²) in [7, 11) is -9.41. The average molecular weight is 1580 g/mol. The maximum atomic E-state index is 13.3. The highest BCUT2D eigenvalue weighted by atomic mass is 31.2. The van der Waals surface area contributed by atoms with Gasteiger partial charge in [-0.15, -0.1) is 0 Å². The molecule has 4 amide bonds. The number of ether oxygens (including phenoxy) is 4. The topological polar surface area (TPSA) is 282 Å². The molecule has 0 saturated carbocycles. The number of hydrogen-bond donors (Lipinski definition) is 6. The fourth-order valence-electron chi connectivity index (χ4n) is 13.3. The van der Waals surface area contributed by atoms with Crippen molar-refractivity contribution in [1.82, 2.24) is 21.3 Å². The minimum Gasteiger partial charge on any atom is -0.462 e. The zero-order valence-corrected chi connectivity index (χ0v) is 72.0. The lowest BCUT2D eigenvalue weighted by atomic mass is 10.0. The van der Waals surface area contributed by atoms with Crippen LogP contribution in [0.25, 0.3) is 0 Å². The molecule has 0 aromatic rings. The molecule has 0 fully saturated rings. The smallest absolute Gasteiger partial charge is 0.462 e. The van der Waals surface area contributed by atoms with Gasteiger partial charge in [-0.3, -0.25) is 37.3 Å². The lowest BCUT2D eigenvalue weighted by Gasteiger charge is -2.22. The number of urea groups is 1. The van der Waals surface area contributed by atoms with E-state index in [4.69, 9.17) is 37.0 Å². The molecule has 23 heteroatoms. The van der Waals surface area contributed by atoms with E-state index in [2.05, 4.69) is 62.8 Å². The van der Waals surface area contributed by atoms with Crippen molar-refractivity contribution >= 4 is 45.4 Å². The number of hydrogen-bond acceptors (Lipinski definition) is 15. The van der Waals surface area contributed by atoms with Crippen LogP contribution in [0.3, 0.4) is 0 Å². The van der Waals surface area contributed by atoms with Gasteiger partial charge >= 0.3 is 33.6 Å². The summed E-state index contributed by atoms with van der Waals surface area (Å²) in [5, 5.41) is 10.9. The van der Waals surface area contributed by atoms with Crippen LogP contribution >= 0.6 is 15.6 Å². The van der Waals surface area contributed by atoms with Crippen molar-refractivity contribution in [1.29, 1.82) is 0 Å². The van der Waals surface area contributed by atoms with Crippen LogP contribution < -0.4 is 21.3 Å². The standard InChI is InChI=1S/C85H168N4O17P2/c1-7-13-19-25-30-34-36-40-43-49-55-61-81(90)88-77(73-99-69-65-79(59-53-47-24-18-12-6)105-83(92)63-57-51-45-38-32-27-21-15-9-3)75-103-107(95,96)101-71-67-86-85(94)87-68-72-102-108(97,98)104-76-78(89-82(91)62-56-50-44-41-37-35-31-26-20-14-8-2)74-100-70-66-80(60-54-48-42-29-23-17-11-5)106-84(93)64-58-52-46-39-33-28-22-16-10-4/h77-80H,7-76H2,1-6H3,(H,88,90)(H,89,91)(H,95,96)(H,97,98)(H2,86,87,94)/t77-,78+,79+,80+/m0/s1. The van der Waals surface area contributed by atoms with E-state index in [1.165, 1.54) is 193 Å². The number of carbonyl (C=O) groups excluding carboxylic acids is 5. The molecule has 21 nitrogen and oxygen atoms in total. The van der Waals surface area contributed by atoms with E-state index in [1.54, 1.807) is 0 Å². The van der Waals surface area contributed by atoms with E-state index in [9.17, 15) is 42.9 Å².